The van der Waals surface area contributed by atoms with Crippen LogP contribution in [0.1, 0.15) is 123 Å². The minimum Gasteiger partial charge on any atom is -0.480 e. The van der Waals surface area contributed by atoms with E-state index in [-0.39, 0.29) is 13.0 Å². The van der Waals surface area contributed by atoms with Gasteiger partial charge >= 0.3 is 19.8 Å². The number of carbonyl (C=O) groups is 2. The first kappa shape index (κ1) is 38.7. The van der Waals surface area contributed by atoms with Gasteiger partial charge in [-0.3, -0.25) is 18.6 Å². The third-order valence-electron chi connectivity index (χ3n) is 6.28. The van der Waals surface area contributed by atoms with Crippen LogP contribution in [0.15, 0.2) is 12.2 Å². The number of phosphoric ester groups is 1. The van der Waals surface area contributed by atoms with Gasteiger partial charge in [0.2, 0.25) is 0 Å². The lowest BCUT2D eigenvalue weighted by atomic mass is 10.1. The molecule has 0 aromatic carbocycles. The predicted molar refractivity (Wildman–Crippen MR) is 157 cm³/mol. The van der Waals surface area contributed by atoms with Crippen molar-refractivity contribution < 1.29 is 42.7 Å². The van der Waals surface area contributed by atoms with Crippen molar-refractivity contribution >= 4 is 19.8 Å². The van der Waals surface area contributed by atoms with Crippen molar-refractivity contribution in [3.63, 3.8) is 0 Å². The molecule has 3 unspecified atom stereocenters. The molecule has 236 valence electrons. The highest BCUT2D eigenvalue weighted by Crippen LogP contribution is 2.43. The molecule has 0 rings (SSSR count). The Hall–Kier alpha value is -1.29. The number of rotatable bonds is 29. The molecule has 0 spiro atoms. The van der Waals surface area contributed by atoms with Crippen LogP contribution in [0.5, 0.6) is 0 Å². The fourth-order valence-electron chi connectivity index (χ4n) is 3.84. The average molecular weight is 594 g/mol. The van der Waals surface area contributed by atoms with Crippen molar-refractivity contribution in [3.8, 4) is 0 Å². The molecule has 0 aliphatic rings. The van der Waals surface area contributed by atoms with Crippen molar-refractivity contribution in [1.82, 2.24) is 0 Å². The first-order valence-corrected chi connectivity index (χ1v) is 16.7. The average Bonchev–Trinajstić information content (AvgIpc) is 2.92. The van der Waals surface area contributed by atoms with Crippen molar-refractivity contribution in [3.05, 3.63) is 12.2 Å². The lowest BCUT2D eigenvalue weighted by molar-refractivity contribution is -0.154. The molecule has 0 aromatic rings. The molecule has 0 amide bonds. The van der Waals surface area contributed by atoms with Gasteiger partial charge in [0.1, 0.15) is 12.1 Å². The third-order valence-corrected chi connectivity index (χ3v) is 7.23. The van der Waals surface area contributed by atoms with Crippen LogP contribution in [-0.4, -0.2) is 60.5 Å². The fraction of sp³-hybridized carbons (Fsp3) is 0.862. The van der Waals surface area contributed by atoms with E-state index in [4.69, 9.17) is 24.8 Å². The van der Waals surface area contributed by atoms with Gasteiger partial charge in [0.15, 0.2) is 0 Å². The number of nitrogens with two attached hydrogens (primary N) is 1. The number of hydrogen-bond acceptors (Lipinski definition) is 8. The highest BCUT2D eigenvalue weighted by molar-refractivity contribution is 7.47. The fourth-order valence-corrected chi connectivity index (χ4v) is 4.62. The van der Waals surface area contributed by atoms with Crippen LogP contribution < -0.4 is 5.73 Å². The molecule has 0 heterocycles. The van der Waals surface area contributed by atoms with Gasteiger partial charge in [-0.05, 0) is 32.1 Å². The van der Waals surface area contributed by atoms with E-state index in [9.17, 15) is 19.0 Å². The lowest BCUT2D eigenvalue weighted by Gasteiger charge is -2.20. The van der Waals surface area contributed by atoms with Gasteiger partial charge in [-0.25, -0.2) is 4.57 Å². The zero-order valence-corrected chi connectivity index (χ0v) is 25.8. The molecule has 0 aromatic heterocycles. The SMILES string of the molecule is CCC/C=C\CCCCCCCC(=O)OC(COCCCCCCCCCC)COP(=O)(O)OCC(N)C(=O)O. The highest BCUT2D eigenvalue weighted by Gasteiger charge is 2.27. The van der Waals surface area contributed by atoms with Crippen LogP contribution in [0.4, 0.5) is 0 Å². The number of carbonyl (C=O) groups excluding carboxylic acids is 1. The topological polar surface area (TPSA) is 155 Å². The van der Waals surface area contributed by atoms with E-state index >= 15 is 0 Å². The second-order valence-corrected chi connectivity index (χ2v) is 11.7. The zero-order chi connectivity index (χ0) is 29.9. The van der Waals surface area contributed by atoms with Crippen LogP contribution in [0.3, 0.4) is 0 Å². The number of allylic oxidation sites excluding steroid dienone is 2. The molecule has 3 atom stereocenters. The van der Waals surface area contributed by atoms with Crippen molar-refractivity contribution in [2.24, 2.45) is 5.73 Å². The van der Waals surface area contributed by atoms with Gasteiger partial charge in [0, 0.05) is 13.0 Å². The van der Waals surface area contributed by atoms with Gasteiger partial charge in [0.25, 0.3) is 0 Å². The standard InChI is InChI=1S/C29H56NO9P/c1-3-5-7-9-11-13-14-15-17-19-21-28(31)39-26(23-36-22-20-18-16-12-10-8-6-4-2)24-37-40(34,35)38-25-27(30)29(32)33/h7,9,26-27H,3-6,8,10-25,30H2,1-2H3,(H,32,33)(H,34,35)/b9-7-. The van der Waals surface area contributed by atoms with Gasteiger partial charge in [-0.1, -0.05) is 96.6 Å². The minimum absolute atomic E-state index is 0.0163. The summed E-state index contributed by atoms with van der Waals surface area (Å²) in [5, 5.41) is 8.80. The Bertz CT molecular complexity index is 705. The quantitative estimate of drug-likeness (QED) is 0.0370. The smallest absolute Gasteiger partial charge is 0.472 e. The first-order chi connectivity index (χ1) is 19.2. The summed E-state index contributed by atoms with van der Waals surface area (Å²) in [7, 11) is -4.59. The minimum atomic E-state index is -4.59. The molecule has 0 aliphatic carbocycles. The first-order valence-electron chi connectivity index (χ1n) is 15.2. The molecule has 40 heavy (non-hydrogen) atoms. The Morgan fingerprint density at radius 1 is 0.775 bits per heavy atom. The van der Waals surface area contributed by atoms with E-state index < -0.39 is 45.1 Å². The molecule has 0 fully saturated rings. The monoisotopic (exact) mass is 593 g/mol. The summed E-state index contributed by atoms with van der Waals surface area (Å²) in [5.74, 6) is -1.79. The molecule has 0 aliphatic heterocycles. The van der Waals surface area contributed by atoms with Crippen molar-refractivity contribution in [2.45, 2.75) is 135 Å². The third kappa shape index (κ3) is 25.7. The molecule has 0 radical (unpaired) electrons. The van der Waals surface area contributed by atoms with E-state index in [1.54, 1.807) is 0 Å². The van der Waals surface area contributed by atoms with Crippen LogP contribution in [0.2, 0.25) is 0 Å². The number of ether oxygens (including phenoxy) is 2. The summed E-state index contributed by atoms with van der Waals surface area (Å²) in [5.41, 5.74) is 5.30. The molecular weight excluding hydrogens is 537 g/mol. The number of phosphoric acid groups is 1. The van der Waals surface area contributed by atoms with E-state index in [1.807, 2.05) is 0 Å². The normalized spacial score (nSPS) is 14.7. The second-order valence-electron chi connectivity index (χ2n) is 10.2. The number of esters is 1. The van der Waals surface area contributed by atoms with Gasteiger partial charge in [-0.2, -0.15) is 0 Å². The van der Waals surface area contributed by atoms with Crippen LogP contribution in [-0.2, 0) is 32.7 Å². The Balaban J connectivity index is 4.42. The van der Waals surface area contributed by atoms with Gasteiger partial charge in [0.05, 0.1) is 19.8 Å². The van der Waals surface area contributed by atoms with Gasteiger partial charge < -0.3 is 25.2 Å². The van der Waals surface area contributed by atoms with E-state index in [2.05, 4.69) is 30.5 Å². The Labute approximate surface area is 242 Å². The maximum absolute atomic E-state index is 12.4. The number of hydrogen-bond donors (Lipinski definition) is 3. The molecule has 0 saturated heterocycles. The number of carboxylic acids is 1. The van der Waals surface area contributed by atoms with E-state index in [0.29, 0.717) is 13.0 Å². The number of aliphatic carboxylic acids is 1. The molecular formula is C29H56NO9P. The maximum atomic E-state index is 12.4. The zero-order valence-electron chi connectivity index (χ0n) is 24.9. The van der Waals surface area contributed by atoms with Gasteiger partial charge in [-0.15, -0.1) is 0 Å². The Kier molecular flexibility index (Phi) is 25.7. The highest BCUT2D eigenvalue weighted by atomic mass is 31.2. The largest absolute Gasteiger partial charge is 0.480 e. The summed E-state index contributed by atoms with van der Waals surface area (Å²) in [6, 6.07) is -1.47. The lowest BCUT2D eigenvalue weighted by Crippen LogP contribution is -2.34. The van der Waals surface area contributed by atoms with Crippen molar-refractivity contribution in [2.75, 3.05) is 26.4 Å². The summed E-state index contributed by atoms with van der Waals surface area (Å²) < 4.78 is 32.9. The summed E-state index contributed by atoms with van der Waals surface area (Å²) >= 11 is 0. The molecule has 10 nitrogen and oxygen atoms in total. The van der Waals surface area contributed by atoms with E-state index in [1.165, 1.54) is 38.5 Å². The molecule has 0 saturated carbocycles. The summed E-state index contributed by atoms with van der Waals surface area (Å²) in [6.07, 6.45) is 21.4. The Morgan fingerprint density at radius 3 is 2.00 bits per heavy atom. The second kappa shape index (κ2) is 26.6. The maximum Gasteiger partial charge on any atom is 0.472 e. The summed E-state index contributed by atoms with van der Waals surface area (Å²) in [4.78, 5) is 33.0. The molecule has 4 N–H and O–H groups in total. The van der Waals surface area contributed by atoms with E-state index in [0.717, 1.165) is 57.8 Å². The van der Waals surface area contributed by atoms with Crippen LogP contribution in [0, 0.1) is 0 Å². The van der Waals surface area contributed by atoms with Crippen LogP contribution >= 0.6 is 7.82 Å². The number of unbranched alkanes of at least 4 members (excludes halogenated alkanes) is 13. The predicted octanol–water partition coefficient (Wildman–Crippen LogP) is 6.69. The number of carboxylic acid groups (broad SMARTS) is 1. The Morgan fingerprint density at radius 2 is 1.35 bits per heavy atom. The molecule has 11 heteroatoms. The van der Waals surface area contributed by atoms with Crippen LogP contribution in [0.25, 0.3) is 0 Å². The van der Waals surface area contributed by atoms with Crippen molar-refractivity contribution in [1.29, 1.82) is 0 Å². The summed E-state index contributed by atoms with van der Waals surface area (Å²) in [6.45, 7) is 3.74. The molecule has 0 bridgehead atoms.